The van der Waals surface area contributed by atoms with E-state index in [4.69, 9.17) is 4.74 Å². The summed E-state index contributed by atoms with van der Waals surface area (Å²) in [5.41, 5.74) is 1.51. The topological polar surface area (TPSA) is 63.9 Å². The third-order valence-corrected chi connectivity index (χ3v) is 4.89. The van der Waals surface area contributed by atoms with Gasteiger partial charge in [0.15, 0.2) is 4.96 Å². The van der Waals surface area contributed by atoms with Gasteiger partial charge in [-0.05, 0) is 26.7 Å². The molecule has 3 rings (SSSR count). The summed E-state index contributed by atoms with van der Waals surface area (Å²) in [5, 5.41) is 2.01. The average Bonchev–Trinajstić information content (AvgIpc) is 3.09. The van der Waals surface area contributed by atoms with Crippen LogP contribution in [0, 0.1) is 12.8 Å². The standard InChI is InChI=1S/C15H19N3O3S/c1-3-21-14(20)11-5-4-6-17(7-11)13(19)12-8-18-10(2)9-22-15(18)16-12/h8-9,11H,3-7H2,1-2H3. The molecule has 1 amide bonds. The number of nitrogens with zero attached hydrogens (tertiary/aromatic N) is 3. The molecule has 2 aromatic rings. The van der Waals surface area contributed by atoms with Crippen LogP contribution in [0.25, 0.3) is 4.96 Å². The highest BCUT2D eigenvalue weighted by atomic mass is 32.1. The van der Waals surface area contributed by atoms with Gasteiger partial charge >= 0.3 is 5.97 Å². The molecule has 1 unspecified atom stereocenters. The van der Waals surface area contributed by atoms with Crippen LogP contribution < -0.4 is 0 Å². The monoisotopic (exact) mass is 321 g/mol. The number of thiazole rings is 1. The fourth-order valence-electron chi connectivity index (χ4n) is 2.77. The molecular weight excluding hydrogens is 302 g/mol. The quantitative estimate of drug-likeness (QED) is 0.812. The van der Waals surface area contributed by atoms with E-state index in [-0.39, 0.29) is 17.8 Å². The second kappa shape index (κ2) is 6.08. The maximum Gasteiger partial charge on any atom is 0.310 e. The number of esters is 1. The van der Waals surface area contributed by atoms with Gasteiger partial charge < -0.3 is 9.64 Å². The van der Waals surface area contributed by atoms with Gasteiger partial charge in [-0.15, -0.1) is 11.3 Å². The van der Waals surface area contributed by atoms with E-state index >= 15 is 0 Å². The summed E-state index contributed by atoms with van der Waals surface area (Å²) in [5.74, 6) is -0.533. The van der Waals surface area contributed by atoms with Gasteiger partial charge in [0.05, 0.1) is 12.5 Å². The Hall–Kier alpha value is -1.89. The summed E-state index contributed by atoms with van der Waals surface area (Å²) in [4.78, 5) is 31.4. The number of hydrogen-bond donors (Lipinski definition) is 0. The summed E-state index contributed by atoms with van der Waals surface area (Å²) in [6.07, 6.45) is 3.37. The van der Waals surface area contributed by atoms with Crippen LogP contribution in [0.2, 0.25) is 0 Å². The van der Waals surface area contributed by atoms with Gasteiger partial charge in [0, 0.05) is 30.4 Å². The highest BCUT2D eigenvalue weighted by molar-refractivity contribution is 7.15. The first kappa shape index (κ1) is 15.0. The van der Waals surface area contributed by atoms with E-state index in [9.17, 15) is 9.59 Å². The van der Waals surface area contributed by atoms with Crippen molar-refractivity contribution in [3.8, 4) is 0 Å². The zero-order valence-electron chi connectivity index (χ0n) is 12.7. The molecule has 0 spiro atoms. The number of likely N-dealkylation sites (tertiary alicyclic amines) is 1. The number of ether oxygens (including phenoxy) is 1. The maximum absolute atomic E-state index is 12.6. The van der Waals surface area contributed by atoms with E-state index in [0.29, 0.717) is 25.4 Å². The summed E-state index contributed by atoms with van der Waals surface area (Å²) < 4.78 is 6.99. The lowest BCUT2D eigenvalue weighted by atomic mass is 9.98. The average molecular weight is 321 g/mol. The Morgan fingerprint density at radius 3 is 3.05 bits per heavy atom. The van der Waals surface area contributed by atoms with Crippen LogP contribution in [-0.4, -0.2) is 45.9 Å². The van der Waals surface area contributed by atoms with Crippen LogP contribution in [0.5, 0.6) is 0 Å². The zero-order chi connectivity index (χ0) is 15.7. The minimum Gasteiger partial charge on any atom is -0.466 e. The van der Waals surface area contributed by atoms with Gasteiger partial charge in [-0.25, -0.2) is 4.98 Å². The Balaban J connectivity index is 1.74. The molecule has 0 N–H and O–H groups in total. The van der Waals surface area contributed by atoms with Crippen LogP contribution in [0.3, 0.4) is 0 Å². The summed E-state index contributed by atoms with van der Waals surface area (Å²) >= 11 is 1.52. The molecule has 1 atom stereocenters. The van der Waals surface area contributed by atoms with E-state index in [1.165, 1.54) is 11.3 Å². The maximum atomic E-state index is 12.6. The molecule has 0 radical (unpaired) electrons. The normalized spacial score (nSPS) is 18.6. The number of imidazole rings is 1. The predicted octanol–water partition coefficient (Wildman–Crippen LogP) is 2.12. The summed E-state index contributed by atoms with van der Waals surface area (Å²) in [6, 6.07) is 0. The number of aromatic nitrogens is 2. The second-order valence-electron chi connectivity index (χ2n) is 5.50. The Kier molecular flexibility index (Phi) is 4.15. The Morgan fingerprint density at radius 2 is 2.32 bits per heavy atom. The lowest BCUT2D eigenvalue weighted by molar-refractivity contribution is -0.149. The second-order valence-corrected chi connectivity index (χ2v) is 6.33. The molecule has 1 saturated heterocycles. The fourth-order valence-corrected chi connectivity index (χ4v) is 3.62. The minimum absolute atomic E-state index is 0.107. The molecule has 0 bridgehead atoms. The first-order valence-electron chi connectivity index (χ1n) is 7.49. The Morgan fingerprint density at radius 1 is 1.50 bits per heavy atom. The molecule has 0 aliphatic carbocycles. The van der Waals surface area contributed by atoms with E-state index in [1.807, 2.05) is 16.7 Å². The molecular formula is C15H19N3O3S. The van der Waals surface area contributed by atoms with E-state index in [2.05, 4.69) is 4.98 Å². The molecule has 7 heteroatoms. The Bertz CT molecular complexity index is 706. The molecule has 1 aliphatic rings. The number of aryl methyl sites for hydroxylation is 1. The molecule has 1 fully saturated rings. The van der Waals surface area contributed by atoms with Crippen LogP contribution >= 0.6 is 11.3 Å². The zero-order valence-corrected chi connectivity index (χ0v) is 13.6. The highest BCUT2D eigenvalue weighted by Crippen LogP contribution is 2.21. The van der Waals surface area contributed by atoms with Gasteiger partial charge in [-0.3, -0.25) is 14.0 Å². The van der Waals surface area contributed by atoms with E-state index in [1.54, 1.807) is 18.0 Å². The van der Waals surface area contributed by atoms with Crippen molar-refractivity contribution in [2.75, 3.05) is 19.7 Å². The first-order chi connectivity index (χ1) is 10.6. The molecule has 22 heavy (non-hydrogen) atoms. The van der Waals surface area contributed by atoms with E-state index in [0.717, 1.165) is 23.5 Å². The smallest absolute Gasteiger partial charge is 0.310 e. The third kappa shape index (κ3) is 2.72. The number of carbonyl (C=O) groups is 2. The Labute approximate surface area is 132 Å². The molecule has 6 nitrogen and oxygen atoms in total. The molecule has 2 aromatic heterocycles. The van der Waals surface area contributed by atoms with Crippen molar-refractivity contribution in [2.45, 2.75) is 26.7 Å². The van der Waals surface area contributed by atoms with Gasteiger partial charge in [0.25, 0.3) is 5.91 Å². The first-order valence-corrected chi connectivity index (χ1v) is 8.37. The van der Waals surface area contributed by atoms with Crippen LogP contribution in [0.4, 0.5) is 0 Å². The number of fused-ring (bicyclic) bond motifs is 1. The lowest BCUT2D eigenvalue weighted by Crippen LogP contribution is -2.43. The number of rotatable bonds is 3. The van der Waals surface area contributed by atoms with Crippen molar-refractivity contribution in [3.63, 3.8) is 0 Å². The third-order valence-electron chi connectivity index (χ3n) is 3.94. The minimum atomic E-state index is -0.219. The van der Waals surface area contributed by atoms with Crippen molar-refractivity contribution in [3.05, 3.63) is 23.0 Å². The molecule has 3 heterocycles. The summed E-state index contributed by atoms with van der Waals surface area (Å²) in [6.45, 7) is 5.24. The number of amides is 1. The molecule has 0 saturated carbocycles. The lowest BCUT2D eigenvalue weighted by Gasteiger charge is -2.31. The van der Waals surface area contributed by atoms with E-state index < -0.39 is 0 Å². The van der Waals surface area contributed by atoms with Gasteiger partial charge in [0.1, 0.15) is 5.69 Å². The van der Waals surface area contributed by atoms with Crippen LogP contribution in [0.1, 0.15) is 35.9 Å². The molecule has 0 aromatic carbocycles. The largest absolute Gasteiger partial charge is 0.466 e. The van der Waals surface area contributed by atoms with Crippen LogP contribution in [0.15, 0.2) is 11.6 Å². The fraction of sp³-hybridized carbons (Fsp3) is 0.533. The molecule has 1 aliphatic heterocycles. The van der Waals surface area contributed by atoms with Crippen LogP contribution in [-0.2, 0) is 9.53 Å². The van der Waals surface area contributed by atoms with Crippen molar-refractivity contribution in [1.29, 1.82) is 0 Å². The van der Waals surface area contributed by atoms with Gasteiger partial charge in [-0.1, -0.05) is 0 Å². The number of piperidine rings is 1. The van der Waals surface area contributed by atoms with Gasteiger partial charge in [0.2, 0.25) is 0 Å². The van der Waals surface area contributed by atoms with Crippen molar-refractivity contribution in [1.82, 2.24) is 14.3 Å². The predicted molar refractivity (Wildman–Crippen MR) is 83.1 cm³/mol. The highest BCUT2D eigenvalue weighted by Gasteiger charge is 2.30. The summed E-state index contributed by atoms with van der Waals surface area (Å²) in [7, 11) is 0. The van der Waals surface area contributed by atoms with Crippen molar-refractivity contribution in [2.24, 2.45) is 5.92 Å². The number of carbonyl (C=O) groups excluding carboxylic acids is 2. The van der Waals surface area contributed by atoms with Crippen molar-refractivity contribution >= 4 is 28.2 Å². The van der Waals surface area contributed by atoms with Crippen molar-refractivity contribution < 1.29 is 14.3 Å². The SMILES string of the molecule is CCOC(=O)C1CCCN(C(=O)c2cn3c(C)csc3n2)C1. The molecule has 118 valence electrons. The number of hydrogen-bond acceptors (Lipinski definition) is 5. The van der Waals surface area contributed by atoms with Gasteiger partial charge in [-0.2, -0.15) is 0 Å².